The number of fused-ring (bicyclic) bond motifs is 3. The number of hydrogen-bond acceptors (Lipinski definition) is 5. The first kappa shape index (κ1) is 11.7. The molecule has 0 saturated heterocycles. The fourth-order valence-electron chi connectivity index (χ4n) is 2.99. The van der Waals surface area contributed by atoms with E-state index in [9.17, 15) is 20.0 Å². The van der Waals surface area contributed by atoms with Gasteiger partial charge in [-0.3, -0.25) is 10.1 Å². The largest absolute Gasteiger partial charge is 0.548 e. The first-order valence-electron chi connectivity index (χ1n) is 6.01. The number of benzene rings is 1. The Bertz CT molecular complexity index is 596. The predicted molar refractivity (Wildman–Crippen MR) is 65.5 cm³/mol. The Labute approximate surface area is 108 Å². The Hall–Kier alpha value is -2.37. The van der Waals surface area contributed by atoms with Gasteiger partial charge >= 0.3 is 0 Å². The van der Waals surface area contributed by atoms with Gasteiger partial charge in [-0.2, -0.15) is 0 Å². The summed E-state index contributed by atoms with van der Waals surface area (Å²) < 4.78 is 0. The van der Waals surface area contributed by atoms with Gasteiger partial charge in [-0.1, -0.05) is 24.3 Å². The van der Waals surface area contributed by atoms with Crippen molar-refractivity contribution in [3.63, 3.8) is 0 Å². The van der Waals surface area contributed by atoms with E-state index in [1.807, 2.05) is 12.2 Å². The van der Waals surface area contributed by atoms with E-state index in [0.717, 1.165) is 5.56 Å². The minimum Gasteiger partial charge on any atom is -0.548 e. The van der Waals surface area contributed by atoms with Crippen molar-refractivity contribution in [3.05, 3.63) is 46.0 Å². The predicted octanol–water partition coefficient (Wildman–Crippen LogP) is 0.798. The lowest BCUT2D eigenvalue weighted by Gasteiger charge is -2.37. The molecule has 6 heteroatoms. The van der Waals surface area contributed by atoms with Crippen molar-refractivity contribution < 1.29 is 14.8 Å². The van der Waals surface area contributed by atoms with Crippen molar-refractivity contribution in [2.75, 3.05) is 5.32 Å². The number of nitro groups is 1. The zero-order valence-corrected chi connectivity index (χ0v) is 9.91. The molecule has 3 rings (SSSR count). The quantitative estimate of drug-likeness (QED) is 0.481. The molecule has 1 aliphatic heterocycles. The number of aliphatic carboxylic acids is 1. The van der Waals surface area contributed by atoms with Crippen LogP contribution in [-0.4, -0.2) is 16.9 Å². The summed E-state index contributed by atoms with van der Waals surface area (Å²) in [6, 6.07) is 3.90. The maximum Gasteiger partial charge on any atom is 0.292 e. The fraction of sp³-hybridized carbons (Fsp3) is 0.308. The summed E-state index contributed by atoms with van der Waals surface area (Å²) in [6.07, 6.45) is 4.48. The van der Waals surface area contributed by atoms with Gasteiger partial charge in [0.25, 0.3) is 5.69 Å². The van der Waals surface area contributed by atoms with Gasteiger partial charge in [-0.05, 0) is 17.9 Å². The second-order valence-electron chi connectivity index (χ2n) is 4.79. The minimum atomic E-state index is -1.22. The number of carbonyl (C=O) groups is 1. The van der Waals surface area contributed by atoms with E-state index in [2.05, 4.69) is 5.32 Å². The lowest BCUT2D eigenvalue weighted by molar-refractivity contribution is -0.384. The number of rotatable bonds is 2. The molecule has 0 spiro atoms. The summed E-state index contributed by atoms with van der Waals surface area (Å²) in [5.74, 6) is -1.46. The van der Waals surface area contributed by atoms with Crippen LogP contribution in [-0.2, 0) is 4.79 Å². The summed E-state index contributed by atoms with van der Waals surface area (Å²) in [5, 5.41) is 25.0. The van der Waals surface area contributed by atoms with E-state index < -0.39 is 16.9 Å². The van der Waals surface area contributed by atoms with Crippen LogP contribution in [0.5, 0.6) is 0 Å². The summed E-state index contributed by atoms with van der Waals surface area (Å²) in [5.41, 5.74) is 0.988. The monoisotopic (exact) mass is 259 g/mol. The molecular weight excluding hydrogens is 248 g/mol. The number of nitro benzene ring substituents is 1. The molecule has 0 amide bonds. The number of hydrogen-bond donors (Lipinski definition) is 1. The van der Waals surface area contributed by atoms with Crippen molar-refractivity contribution in [1.29, 1.82) is 0 Å². The van der Waals surface area contributed by atoms with E-state index in [4.69, 9.17) is 0 Å². The van der Waals surface area contributed by atoms with Crippen LogP contribution in [0.15, 0.2) is 30.4 Å². The first-order valence-corrected chi connectivity index (χ1v) is 6.01. The third-order valence-electron chi connectivity index (χ3n) is 3.83. The van der Waals surface area contributed by atoms with Gasteiger partial charge in [-0.25, -0.2) is 0 Å². The maximum atomic E-state index is 11.2. The molecule has 1 aliphatic carbocycles. The minimum absolute atomic E-state index is 0.0949. The van der Waals surface area contributed by atoms with Crippen molar-refractivity contribution in [2.45, 2.75) is 18.4 Å². The van der Waals surface area contributed by atoms with Crippen LogP contribution in [0.3, 0.4) is 0 Å². The zero-order chi connectivity index (χ0) is 13.6. The number of carboxylic acid groups (broad SMARTS) is 1. The third kappa shape index (κ3) is 1.68. The van der Waals surface area contributed by atoms with Gasteiger partial charge in [0.05, 0.1) is 16.9 Å². The van der Waals surface area contributed by atoms with E-state index in [1.165, 1.54) is 6.07 Å². The molecule has 1 heterocycles. The van der Waals surface area contributed by atoms with Crippen LogP contribution in [0.1, 0.15) is 17.9 Å². The highest BCUT2D eigenvalue weighted by molar-refractivity contribution is 5.82. The van der Waals surface area contributed by atoms with Crippen LogP contribution in [0.25, 0.3) is 0 Å². The van der Waals surface area contributed by atoms with Crippen LogP contribution >= 0.6 is 0 Å². The van der Waals surface area contributed by atoms with E-state index in [1.54, 1.807) is 12.1 Å². The number of para-hydroxylation sites is 1. The zero-order valence-electron chi connectivity index (χ0n) is 9.91. The van der Waals surface area contributed by atoms with E-state index in [0.29, 0.717) is 12.1 Å². The van der Waals surface area contributed by atoms with Gasteiger partial charge in [0.2, 0.25) is 0 Å². The number of nitrogens with zero attached hydrogens (tertiary/aromatic N) is 1. The number of carboxylic acids is 1. The molecule has 2 aliphatic rings. The van der Waals surface area contributed by atoms with Crippen molar-refractivity contribution >= 4 is 17.3 Å². The molecule has 0 bridgehead atoms. The van der Waals surface area contributed by atoms with E-state index >= 15 is 0 Å². The topological polar surface area (TPSA) is 95.3 Å². The highest BCUT2D eigenvalue weighted by Crippen LogP contribution is 2.47. The summed E-state index contributed by atoms with van der Waals surface area (Å²) in [4.78, 5) is 21.7. The summed E-state index contributed by atoms with van der Waals surface area (Å²) >= 11 is 0. The Balaban J connectivity index is 2.15. The molecule has 1 aromatic carbocycles. The van der Waals surface area contributed by atoms with Crippen molar-refractivity contribution in [2.24, 2.45) is 5.92 Å². The van der Waals surface area contributed by atoms with Gasteiger partial charge in [0.15, 0.2) is 0 Å². The Kier molecular flexibility index (Phi) is 2.51. The third-order valence-corrected chi connectivity index (χ3v) is 3.83. The Morgan fingerprint density at radius 1 is 1.42 bits per heavy atom. The summed E-state index contributed by atoms with van der Waals surface area (Å²) in [7, 11) is 0. The molecule has 0 saturated carbocycles. The second-order valence-corrected chi connectivity index (χ2v) is 4.79. The number of nitrogens with one attached hydrogen (secondary N) is 1. The fourth-order valence-corrected chi connectivity index (χ4v) is 2.99. The molecule has 3 atom stereocenters. The number of allylic oxidation sites excluding steroid dienone is 2. The molecule has 0 unspecified atom stereocenters. The highest BCUT2D eigenvalue weighted by Gasteiger charge is 2.40. The molecule has 1 aromatic rings. The Morgan fingerprint density at radius 2 is 2.21 bits per heavy atom. The molecule has 98 valence electrons. The van der Waals surface area contributed by atoms with Gasteiger partial charge in [-0.15, -0.1) is 0 Å². The van der Waals surface area contributed by atoms with Crippen LogP contribution in [0.2, 0.25) is 0 Å². The number of carbonyl (C=O) groups excluding carboxylic acids is 1. The Morgan fingerprint density at radius 3 is 2.89 bits per heavy atom. The molecule has 0 fully saturated rings. The van der Waals surface area contributed by atoms with Crippen molar-refractivity contribution in [3.8, 4) is 0 Å². The SMILES string of the molecule is O=C([O-])[C@@H]1Nc2c(cccc2[N+](=O)[O-])[C@@H]2C=CC[C@@H]12. The molecule has 0 aromatic heterocycles. The van der Waals surface area contributed by atoms with E-state index in [-0.39, 0.29) is 17.5 Å². The average molecular weight is 259 g/mol. The van der Waals surface area contributed by atoms with Crippen LogP contribution in [0, 0.1) is 16.0 Å². The maximum absolute atomic E-state index is 11.2. The molecule has 1 N–H and O–H groups in total. The number of anilines is 1. The standard InChI is InChI=1S/C13H12N2O4/c16-13(17)12-9-4-1-3-7(9)8-5-2-6-10(15(18)19)11(8)14-12/h1-3,5-7,9,12,14H,4H2,(H,16,17)/p-1/t7-,9+,12+/m0/s1. The van der Waals surface area contributed by atoms with Gasteiger partial charge in [0, 0.05) is 12.0 Å². The van der Waals surface area contributed by atoms with Gasteiger partial charge in [0.1, 0.15) is 5.69 Å². The first-order chi connectivity index (χ1) is 9.09. The van der Waals surface area contributed by atoms with Crippen LogP contribution < -0.4 is 10.4 Å². The summed E-state index contributed by atoms with van der Waals surface area (Å²) in [6.45, 7) is 0. The second kappa shape index (κ2) is 4.08. The normalized spacial score (nSPS) is 27.3. The smallest absolute Gasteiger partial charge is 0.292 e. The highest BCUT2D eigenvalue weighted by atomic mass is 16.6. The van der Waals surface area contributed by atoms with Gasteiger partial charge < -0.3 is 15.2 Å². The molecule has 0 radical (unpaired) electrons. The molecule has 6 nitrogen and oxygen atoms in total. The van der Waals surface area contributed by atoms with Crippen molar-refractivity contribution in [1.82, 2.24) is 0 Å². The average Bonchev–Trinajstić information content (AvgIpc) is 2.85. The lowest BCUT2D eigenvalue weighted by Crippen LogP contribution is -2.48. The lowest BCUT2D eigenvalue weighted by atomic mass is 9.79. The molecular formula is C13H11N2O4-. The molecule has 19 heavy (non-hydrogen) atoms. The van der Waals surface area contributed by atoms with Crippen LogP contribution in [0.4, 0.5) is 11.4 Å².